The molecule has 0 aromatic heterocycles. The van der Waals surface area contributed by atoms with Crippen molar-refractivity contribution in [2.75, 3.05) is 65.6 Å². The van der Waals surface area contributed by atoms with E-state index in [9.17, 15) is 60.7 Å². The summed E-state index contributed by atoms with van der Waals surface area (Å²) in [6.45, 7) is 12.3. The number of nitrogens with one attached hydrogen (secondary N) is 1. The molecule has 0 spiro atoms. The Balaban J connectivity index is 1.66. The molecule has 22 nitrogen and oxygen atoms in total. The van der Waals surface area contributed by atoms with Crippen molar-refractivity contribution in [1.82, 2.24) is 15.1 Å². The quantitative estimate of drug-likeness (QED) is 0.0832. The number of nitrogens with two attached hydrogens (primary N) is 2. The lowest BCUT2D eigenvalue weighted by atomic mass is 9.82. The van der Waals surface area contributed by atoms with E-state index in [1.54, 1.807) is 51.2 Å². The molecule has 0 saturated carbocycles. The zero-order valence-corrected chi connectivity index (χ0v) is 48.7. The molecule has 0 aromatic carbocycles. The van der Waals surface area contributed by atoms with Gasteiger partial charge in [-0.25, -0.2) is 0 Å². The van der Waals surface area contributed by atoms with Gasteiger partial charge >= 0.3 is 5.97 Å². The van der Waals surface area contributed by atoms with E-state index in [2.05, 4.69) is 10.2 Å². The van der Waals surface area contributed by atoms with Crippen LogP contribution >= 0.6 is 0 Å². The Kier molecular flexibility index (Phi) is 32.6. The third kappa shape index (κ3) is 24.8. The zero-order valence-electron chi connectivity index (χ0n) is 48.7. The molecule has 1 amide bonds. The van der Waals surface area contributed by atoms with Gasteiger partial charge in [0.05, 0.1) is 98.7 Å². The lowest BCUT2D eigenvalue weighted by Gasteiger charge is -2.48. The van der Waals surface area contributed by atoms with Gasteiger partial charge in [0.15, 0.2) is 12.1 Å². The highest BCUT2D eigenvalue weighted by molar-refractivity contribution is 5.80. The second-order valence-electron chi connectivity index (χ2n) is 22.6. The first-order chi connectivity index (χ1) is 39.2. The largest absolute Gasteiger partial charge is 0.462 e. The minimum Gasteiger partial charge on any atom is -0.462 e. The Hall–Kier alpha value is -3.60. The first-order valence-electron chi connectivity index (χ1n) is 29.6. The van der Waals surface area contributed by atoms with E-state index >= 15 is 0 Å². The highest BCUT2D eigenvalue weighted by atomic mass is 16.7. The summed E-state index contributed by atoms with van der Waals surface area (Å²) in [7, 11) is 0. The summed E-state index contributed by atoms with van der Waals surface area (Å²) >= 11 is 0. The number of morpholine rings is 1. The lowest BCUT2D eigenvalue weighted by Crippen LogP contribution is -2.64. The third-order valence-corrected chi connectivity index (χ3v) is 15.7. The predicted octanol–water partition coefficient (Wildman–Crippen LogP) is 0.507. The Morgan fingerprint density at radius 1 is 0.695 bits per heavy atom. The van der Waals surface area contributed by atoms with Gasteiger partial charge in [-0.05, 0) is 85.1 Å². The second-order valence-corrected chi connectivity index (χ2v) is 22.6. The van der Waals surface area contributed by atoms with E-state index in [-0.39, 0.29) is 38.1 Å². The van der Waals surface area contributed by atoms with Gasteiger partial charge < -0.3 is 91.5 Å². The van der Waals surface area contributed by atoms with Crippen LogP contribution in [0, 0.1) is 17.8 Å². The average molecular weight is 1160 g/mol. The molecule has 4 aliphatic heterocycles. The van der Waals surface area contributed by atoms with E-state index in [0.717, 1.165) is 13.1 Å². The molecular weight excluding hydrogens is 1060 g/mol. The van der Waals surface area contributed by atoms with Gasteiger partial charge in [0.2, 0.25) is 5.91 Å². The smallest absolute Gasteiger partial charge is 0.308 e. The number of nitrogens with zero attached hydrogens (tertiary/aromatic N) is 2. The molecule has 22 heteroatoms. The number of fused-ring (bicyclic) bond motifs is 2. The second kappa shape index (κ2) is 37.7. The number of hydrogen-bond donors (Lipinski definition) is 13. The zero-order chi connectivity index (χ0) is 60.2. The van der Waals surface area contributed by atoms with Crippen LogP contribution < -0.4 is 16.8 Å². The number of ether oxygens (including phenoxy) is 5. The van der Waals surface area contributed by atoms with E-state index in [1.165, 1.54) is 0 Å². The minimum absolute atomic E-state index is 0.0976. The maximum Gasteiger partial charge on any atom is 0.308 e. The van der Waals surface area contributed by atoms with Crippen LogP contribution in [0.1, 0.15) is 98.3 Å². The molecule has 0 aliphatic carbocycles. The highest BCUT2D eigenvalue weighted by Crippen LogP contribution is 2.39. The van der Waals surface area contributed by atoms with Crippen LogP contribution in [-0.2, 0) is 33.3 Å². The number of aliphatic hydroxyl groups excluding tert-OH is 9. The molecule has 4 rings (SSSR count). The van der Waals surface area contributed by atoms with Gasteiger partial charge in [-0.3, -0.25) is 19.4 Å². The summed E-state index contributed by atoms with van der Waals surface area (Å²) in [5.41, 5.74) is 11.8. The summed E-state index contributed by atoms with van der Waals surface area (Å²) < 4.78 is 30.1. The van der Waals surface area contributed by atoms with Gasteiger partial charge in [0, 0.05) is 57.2 Å². The summed E-state index contributed by atoms with van der Waals surface area (Å²) in [5.74, 6) is -5.59. The first-order valence-corrected chi connectivity index (χ1v) is 29.6. The number of carbonyl (C=O) groups excluding carboxylic acids is 2. The van der Waals surface area contributed by atoms with Crippen molar-refractivity contribution >= 4 is 11.9 Å². The fraction of sp³-hybridized carbons (Fsp3) is 0.733. The summed E-state index contributed by atoms with van der Waals surface area (Å²) in [4.78, 5) is 31.2. The van der Waals surface area contributed by atoms with Crippen LogP contribution in [0.3, 0.4) is 0 Å². The number of allylic oxidation sites excluding steroid dienone is 12. The molecular formula is C60H101N5O17. The monoisotopic (exact) mass is 1160 g/mol. The van der Waals surface area contributed by atoms with E-state index in [1.807, 2.05) is 66.5 Å². The van der Waals surface area contributed by atoms with Crippen molar-refractivity contribution < 1.29 is 84.3 Å². The maximum absolute atomic E-state index is 14.3. The molecule has 468 valence electrons. The van der Waals surface area contributed by atoms with Crippen LogP contribution in [0.25, 0.3) is 0 Å². The van der Waals surface area contributed by atoms with Gasteiger partial charge in [-0.2, -0.15) is 0 Å². The molecule has 12 unspecified atom stereocenters. The highest BCUT2D eigenvalue weighted by Gasteiger charge is 2.51. The summed E-state index contributed by atoms with van der Waals surface area (Å²) in [6, 6.07) is -0.850. The number of cyclic esters (lactones) is 1. The maximum atomic E-state index is 14.3. The Labute approximate surface area is 485 Å². The molecule has 2 bridgehead atoms. The van der Waals surface area contributed by atoms with Crippen LogP contribution in [0.2, 0.25) is 0 Å². The average Bonchev–Trinajstić information content (AvgIpc) is 2.97. The van der Waals surface area contributed by atoms with Crippen molar-refractivity contribution in [1.29, 1.82) is 0 Å². The van der Waals surface area contributed by atoms with Gasteiger partial charge in [-0.1, -0.05) is 98.9 Å². The molecule has 4 aliphatic rings. The fourth-order valence-electron chi connectivity index (χ4n) is 10.8. The van der Waals surface area contributed by atoms with Crippen molar-refractivity contribution in [3.05, 3.63) is 85.1 Å². The number of carbonyl (C=O) groups is 2. The van der Waals surface area contributed by atoms with E-state index in [4.69, 9.17) is 35.2 Å². The fourth-order valence-corrected chi connectivity index (χ4v) is 10.8. The third-order valence-electron chi connectivity index (χ3n) is 15.7. The molecule has 15 N–H and O–H groups in total. The minimum atomic E-state index is -2.29. The van der Waals surface area contributed by atoms with Gasteiger partial charge in [0.25, 0.3) is 0 Å². The molecule has 19 atom stereocenters. The lowest BCUT2D eigenvalue weighted by molar-refractivity contribution is -0.311. The van der Waals surface area contributed by atoms with Crippen LogP contribution in [0.15, 0.2) is 85.1 Å². The predicted molar refractivity (Wildman–Crippen MR) is 309 cm³/mol. The normalized spacial score (nSPS) is 39.9. The molecule has 4 heterocycles. The molecule has 82 heavy (non-hydrogen) atoms. The molecule has 0 aromatic rings. The van der Waals surface area contributed by atoms with Crippen molar-refractivity contribution in [2.45, 2.75) is 196 Å². The number of hydrogen-bond acceptors (Lipinski definition) is 21. The van der Waals surface area contributed by atoms with Gasteiger partial charge in [-0.15, -0.1) is 0 Å². The number of amides is 1. The number of esters is 1. The van der Waals surface area contributed by atoms with Crippen LogP contribution in [0.4, 0.5) is 0 Å². The standard InChI is InChI=1S/C60H101N5O17/c1-40-20-15-13-11-9-7-5-6-8-10-12-14-16-21-47(81-59-57(75)54(56(74)43(4)80-59)65(28-17-24-61)29-18-25-62)37-51-53(58(76)63-26-19-27-64-30-32-78-33-31-64)50(71)39-60(77,82-51)38-46(68)35-49(70)48(69)23-22-44(66)34-45(67)36-52(72)79-42(3)41(2)55(40)73/h5-16,20-21,40-51,53-57,59,66-71,73-75,77H,17-19,22-39,61-62H2,1-4H3,(H,63,76)/b6-5+,9-7+,10-8+,13-11+,14-12+,20-15+,21-16+/t40-,41-,42-,43+,44?,45?,46?,47?,48?,49?,50-,51?,53?,54-,55?,56?,57-,59?,60?/m0/s1. The first kappa shape index (κ1) is 70.9. The van der Waals surface area contributed by atoms with Crippen molar-refractivity contribution in [3.8, 4) is 0 Å². The Morgan fingerprint density at radius 2 is 1.29 bits per heavy atom. The Morgan fingerprint density at radius 3 is 1.90 bits per heavy atom. The number of aliphatic hydroxyl groups is 10. The van der Waals surface area contributed by atoms with Crippen molar-refractivity contribution in [3.63, 3.8) is 0 Å². The molecule has 3 fully saturated rings. The van der Waals surface area contributed by atoms with E-state index < -0.39 is 147 Å². The molecule has 0 radical (unpaired) electrons. The number of rotatable bonds is 14. The van der Waals surface area contributed by atoms with Crippen molar-refractivity contribution in [2.24, 2.45) is 29.2 Å². The SMILES string of the molecule is C[C@@H]1OC(=O)CC(O)CC(O)CCC(O)C(O)CC(O)CC2(O)C[C@H](O)C(C(=O)NCCCN3CCOCC3)C(CC(OC3O[C@H](C)C(O)[C@H](N(CCCN)CCCN)[C@@H]3O)/C=C/C=C/C=C/C=C/C=C/C=C/C=C/[C@H](C)C(O)[C@H]1C)O2. The Bertz CT molecular complexity index is 2030. The van der Waals surface area contributed by atoms with E-state index in [0.29, 0.717) is 65.2 Å². The topological polar surface area (TPSA) is 353 Å². The summed E-state index contributed by atoms with van der Waals surface area (Å²) in [6.07, 6.45) is 6.91. The van der Waals surface area contributed by atoms with Gasteiger partial charge in [0.1, 0.15) is 12.2 Å². The van der Waals surface area contributed by atoms with Crippen LogP contribution in [0.5, 0.6) is 0 Å². The summed E-state index contributed by atoms with van der Waals surface area (Å²) in [5, 5.41) is 116. The van der Waals surface area contributed by atoms with Crippen LogP contribution in [-0.4, -0.2) is 236 Å². The molecule has 3 saturated heterocycles.